The van der Waals surface area contributed by atoms with Crippen LogP contribution in [-0.4, -0.2) is 20.9 Å². The van der Waals surface area contributed by atoms with Crippen LogP contribution >= 0.6 is 0 Å². The molecule has 0 aromatic heterocycles. The Morgan fingerprint density at radius 2 is 1.54 bits per heavy atom. The largest absolute Gasteiger partial charge is 0.494 e. The number of anilines is 2. The first-order chi connectivity index (χ1) is 13.5. The minimum Gasteiger partial charge on any atom is -0.494 e. The minimum atomic E-state index is -3.86. The van der Waals surface area contributed by atoms with Gasteiger partial charge in [-0.25, -0.2) is 8.42 Å². The molecule has 0 aliphatic heterocycles. The smallest absolute Gasteiger partial charge is 0.261 e. The summed E-state index contributed by atoms with van der Waals surface area (Å²) in [5.74, 6) is 0.181. The fraction of sp³-hybridized carbons (Fsp3) is 0.0952. The van der Waals surface area contributed by atoms with Gasteiger partial charge in [-0.2, -0.15) is 0 Å². The molecule has 0 fully saturated rings. The molecular formula is C21H20N2O4S. The van der Waals surface area contributed by atoms with Gasteiger partial charge in [0, 0.05) is 5.69 Å². The molecule has 0 spiro atoms. The first-order valence-electron chi connectivity index (χ1n) is 8.71. The number of ether oxygens (including phenoxy) is 1. The van der Waals surface area contributed by atoms with Gasteiger partial charge in [-0.1, -0.05) is 30.3 Å². The molecule has 0 unspecified atom stereocenters. The van der Waals surface area contributed by atoms with Crippen LogP contribution < -0.4 is 14.8 Å². The highest BCUT2D eigenvalue weighted by Crippen LogP contribution is 2.23. The molecule has 28 heavy (non-hydrogen) atoms. The first-order valence-corrected chi connectivity index (χ1v) is 10.2. The summed E-state index contributed by atoms with van der Waals surface area (Å²) in [6, 6.07) is 21.5. The fourth-order valence-electron chi connectivity index (χ4n) is 2.58. The number of carbonyl (C=O) groups is 1. The molecule has 0 heterocycles. The standard InChI is InChI=1S/C21H20N2O4S/c1-2-27-17-12-14-18(15-13-17)28(25,26)23-20-11-7-6-10-19(20)21(24)22-16-8-4-3-5-9-16/h3-15,23H,2H2,1H3,(H,22,24). The number of para-hydroxylation sites is 2. The summed E-state index contributed by atoms with van der Waals surface area (Å²) in [5, 5.41) is 2.76. The molecule has 2 N–H and O–H groups in total. The van der Waals surface area contributed by atoms with Crippen LogP contribution in [-0.2, 0) is 10.0 Å². The summed E-state index contributed by atoms with van der Waals surface area (Å²) in [6.07, 6.45) is 0. The maximum absolute atomic E-state index is 12.7. The van der Waals surface area contributed by atoms with Crippen molar-refractivity contribution in [2.24, 2.45) is 0 Å². The molecular weight excluding hydrogens is 376 g/mol. The van der Waals surface area contributed by atoms with Crippen molar-refractivity contribution in [3.05, 3.63) is 84.4 Å². The second kappa shape index (κ2) is 8.58. The summed E-state index contributed by atoms with van der Waals surface area (Å²) >= 11 is 0. The van der Waals surface area contributed by atoms with Crippen molar-refractivity contribution in [2.75, 3.05) is 16.6 Å². The Hall–Kier alpha value is -3.32. The molecule has 0 saturated carbocycles. The maximum Gasteiger partial charge on any atom is 0.261 e. The number of hydrogen-bond acceptors (Lipinski definition) is 4. The number of nitrogens with one attached hydrogen (secondary N) is 2. The predicted molar refractivity (Wildman–Crippen MR) is 109 cm³/mol. The van der Waals surface area contributed by atoms with Gasteiger partial charge in [0.15, 0.2) is 0 Å². The molecule has 0 aliphatic rings. The van der Waals surface area contributed by atoms with E-state index < -0.39 is 15.9 Å². The number of sulfonamides is 1. The molecule has 0 aliphatic carbocycles. The normalized spacial score (nSPS) is 10.9. The van der Waals surface area contributed by atoms with E-state index in [2.05, 4.69) is 10.0 Å². The van der Waals surface area contributed by atoms with Crippen molar-refractivity contribution in [2.45, 2.75) is 11.8 Å². The first kappa shape index (κ1) is 19.4. The Morgan fingerprint density at radius 1 is 0.893 bits per heavy atom. The van der Waals surface area contributed by atoms with Crippen molar-refractivity contribution in [3.63, 3.8) is 0 Å². The topological polar surface area (TPSA) is 84.5 Å². The Labute approximate surface area is 164 Å². The van der Waals surface area contributed by atoms with Gasteiger partial charge in [-0.05, 0) is 55.5 Å². The summed E-state index contributed by atoms with van der Waals surface area (Å²) in [5.41, 5.74) is 1.04. The molecule has 6 nitrogen and oxygen atoms in total. The average Bonchev–Trinajstić information content (AvgIpc) is 2.69. The van der Waals surface area contributed by atoms with Crippen LogP contribution in [0.15, 0.2) is 83.8 Å². The molecule has 3 aromatic carbocycles. The Kier molecular flexibility index (Phi) is 5.96. The van der Waals surface area contributed by atoms with Crippen molar-refractivity contribution >= 4 is 27.3 Å². The zero-order chi connectivity index (χ0) is 20.0. The predicted octanol–water partition coefficient (Wildman–Crippen LogP) is 4.14. The van der Waals surface area contributed by atoms with E-state index in [4.69, 9.17) is 4.74 Å². The van der Waals surface area contributed by atoms with E-state index in [1.54, 1.807) is 60.7 Å². The lowest BCUT2D eigenvalue weighted by atomic mass is 10.1. The monoisotopic (exact) mass is 396 g/mol. The summed E-state index contributed by atoms with van der Waals surface area (Å²) in [6.45, 7) is 2.35. The van der Waals surface area contributed by atoms with Crippen LogP contribution in [0, 0.1) is 0 Å². The van der Waals surface area contributed by atoms with Crippen molar-refractivity contribution < 1.29 is 17.9 Å². The Balaban J connectivity index is 1.83. The van der Waals surface area contributed by atoms with Gasteiger partial charge in [0.05, 0.1) is 22.8 Å². The zero-order valence-corrected chi connectivity index (χ0v) is 16.1. The van der Waals surface area contributed by atoms with Gasteiger partial charge in [-0.15, -0.1) is 0 Å². The van der Waals surface area contributed by atoms with Crippen LogP contribution in [0.25, 0.3) is 0 Å². The quantitative estimate of drug-likeness (QED) is 0.629. The van der Waals surface area contributed by atoms with E-state index in [1.807, 2.05) is 13.0 Å². The zero-order valence-electron chi connectivity index (χ0n) is 15.3. The second-order valence-corrected chi connectivity index (χ2v) is 7.56. The SMILES string of the molecule is CCOc1ccc(S(=O)(=O)Nc2ccccc2C(=O)Nc2ccccc2)cc1. The lowest BCUT2D eigenvalue weighted by molar-refractivity contribution is 0.102. The number of amides is 1. The molecule has 1 amide bonds. The van der Waals surface area contributed by atoms with E-state index in [9.17, 15) is 13.2 Å². The molecule has 7 heteroatoms. The van der Waals surface area contributed by atoms with E-state index in [-0.39, 0.29) is 16.1 Å². The van der Waals surface area contributed by atoms with Gasteiger partial charge < -0.3 is 10.1 Å². The summed E-state index contributed by atoms with van der Waals surface area (Å²) in [4.78, 5) is 12.7. The molecule has 0 atom stereocenters. The van der Waals surface area contributed by atoms with Gasteiger partial charge in [0.1, 0.15) is 5.75 Å². The highest BCUT2D eigenvalue weighted by molar-refractivity contribution is 7.92. The second-order valence-electron chi connectivity index (χ2n) is 5.88. The van der Waals surface area contributed by atoms with Crippen LogP contribution in [0.2, 0.25) is 0 Å². The Bertz CT molecular complexity index is 1050. The molecule has 0 radical (unpaired) electrons. The van der Waals surface area contributed by atoms with E-state index in [1.165, 1.54) is 12.1 Å². The van der Waals surface area contributed by atoms with E-state index in [0.717, 1.165) is 0 Å². The van der Waals surface area contributed by atoms with E-state index >= 15 is 0 Å². The van der Waals surface area contributed by atoms with Crippen LogP contribution in [0.5, 0.6) is 5.75 Å². The number of carbonyl (C=O) groups excluding carboxylic acids is 1. The average molecular weight is 396 g/mol. The lowest BCUT2D eigenvalue weighted by Gasteiger charge is -2.13. The summed E-state index contributed by atoms with van der Waals surface area (Å²) < 4.78 is 33.3. The number of benzene rings is 3. The third-order valence-electron chi connectivity index (χ3n) is 3.89. The molecule has 144 valence electrons. The minimum absolute atomic E-state index is 0.0780. The van der Waals surface area contributed by atoms with Crippen molar-refractivity contribution in [3.8, 4) is 5.75 Å². The van der Waals surface area contributed by atoms with Crippen molar-refractivity contribution in [1.82, 2.24) is 0 Å². The van der Waals surface area contributed by atoms with Gasteiger partial charge in [0.25, 0.3) is 15.9 Å². The maximum atomic E-state index is 12.7. The molecule has 0 saturated heterocycles. The van der Waals surface area contributed by atoms with Crippen LogP contribution in [0.1, 0.15) is 17.3 Å². The van der Waals surface area contributed by atoms with Gasteiger partial charge >= 0.3 is 0 Å². The molecule has 3 aromatic rings. The lowest BCUT2D eigenvalue weighted by Crippen LogP contribution is -2.18. The van der Waals surface area contributed by atoms with Crippen LogP contribution in [0.4, 0.5) is 11.4 Å². The molecule has 3 rings (SSSR count). The third-order valence-corrected chi connectivity index (χ3v) is 5.27. The third kappa shape index (κ3) is 4.69. The van der Waals surface area contributed by atoms with Gasteiger partial charge in [0.2, 0.25) is 0 Å². The van der Waals surface area contributed by atoms with Gasteiger partial charge in [-0.3, -0.25) is 9.52 Å². The molecule has 0 bridgehead atoms. The van der Waals surface area contributed by atoms with Crippen LogP contribution in [0.3, 0.4) is 0 Å². The number of hydrogen-bond donors (Lipinski definition) is 2. The van der Waals surface area contributed by atoms with Crippen molar-refractivity contribution in [1.29, 1.82) is 0 Å². The highest BCUT2D eigenvalue weighted by atomic mass is 32.2. The fourth-order valence-corrected chi connectivity index (χ4v) is 3.66. The summed E-state index contributed by atoms with van der Waals surface area (Å²) in [7, 11) is -3.86. The Morgan fingerprint density at radius 3 is 2.21 bits per heavy atom. The van der Waals surface area contributed by atoms with E-state index in [0.29, 0.717) is 18.0 Å². The number of rotatable bonds is 7. The highest BCUT2D eigenvalue weighted by Gasteiger charge is 2.18.